The Morgan fingerprint density at radius 1 is 1.06 bits per heavy atom. The van der Waals surface area contributed by atoms with Gasteiger partial charge in [-0.05, 0) is 0 Å². The second kappa shape index (κ2) is 5.51. The highest BCUT2D eigenvalue weighted by atomic mass is 19.4. The van der Waals surface area contributed by atoms with Gasteiger partial charge in [-0.1, -0.05) is 0 Å². The number of nitrogens with one attached hydrogen (secondary N) is 1. The maximum absolute atomic E-state index is 11.9. The zero-order chi connectivity index (χ0) is 12.9. The molecule has 0 aromatic carbocycles. The first-order valence-electron chi connectivity index (χ1n) is 4.59. The van der Waals surface area contributed by atoms with E-state index in [4.69, 9.17) is 9.47 Å². The molecule has 0 aliphatic heterocycles. The van der Waals surface area contributed by atoms with Crippen LogP contribution < -0.4 is 14.8 Å². The van der Waals surface area contributed by atoms with Gasteiger partial charge in [0.2, 0.25) is 5.95 Å². The molecule has 1 N–H and O–H groups in total. The molecule has 0 aliphatic carbocycles. The number of methoxy groups -OCH3 is 2. The number of anilines is 1. The van der Waals surface area contributed by atoms with Gasteiger partial charge in [0, 0.05) is 6.54 Å². The van der Waals surface area contributed by atoms with Gasteiger partial charge in [-0.25, -0.2) is 0 Å². The summed E-state index contributed by atoms with van der Waals surface area (Å²) in [6.45, 7) is -0.334. The Labute approximate surface area is 95.2 Å². The predicted molar refractivity (Wildman–Crippen MR) is 52.1 cm³/mol. The number of aromatic nitrogens is 3. The van der Waals surface area contributed by atoms with Crippen LogP contribution in [-0.2, 0) is 0 Å². The van der Waals surface area contributed by atoms with Crippen LogP contribution in [0.25, 0.3) is 0 Å². The zero-order valence-electron chi connectivity index (χ0n) is 9.21. The Morgan fingerprint density at radius 2 is 1.59 bits per heavy atom. The van der Waals surface area contributed by atoms with Gasteiger partial charge in [0.25, 0.3) is 0 Å². The lowest BCUT2D eigenvalue weighted by molar-refractivity contribution is -0.131. The average Bonchev–Trinajstić information content (AvgIpc) is 2.26. The molecule has 0 unspecified atom stereocenters. The monoisotopic (exact) mass is 252 g/mol. The predicted octanol–water partition coefficient (Wildman–Crippen LogP) is 1.25. The van der Waals surface area contributed by atoms with Crippen LogP contribution in [0.15, 0.2) is 0 Å². The summed E-state index contributed by atoms with van der Waals surface area (Å²) < 4.78 is 45.2. The van der Waals surface area contributed by atoms with Gasteiger partial charge in [0.15, 0.2) is 0 Å². The Bertz CT molecular complexity index is 350. The van der Waals surface area contributed by atoms with E-state index in [9.17, 15) is 13.2 Å². The highest BCUT2D eigenvalue weighted by molar-refractivity contribution is 5.27. The molecule has 0 saturated heterocycles. The van der Waals surface area contributed by atoms with E-state index in [0.29, 0.717) is 0 Å². The van der Waals surface area contributed by atoms with Crippen LogP contribution in [0.5, 0.6) is 12.0 Å². The molecule has 0 bridgehead atoms. The van der Waals surface area contributed by atoms with E-state index in [1.54, 1.807) is 0 Å². The molecule has 0 atom stereocenters. The first-order valence-corrected chi connectivity index (χ1v) is 4.59. The van der Waals surface area contributed by atoms with Gasteiger partial charge in [0.1, 0.15) is 0 Å². The van der Waals surface area contributed by atoms with Gasteiger partial charge >= 0.3 is 18.2 Å². The van der Waals surface area contributed by atoms with E-state index in [2.05, 4.69) is 20.3 Å². The molecule has 1 aromatic heterocycles. The van der Waals surface area contributed by atoms with Crippen LogP contribution in [0.4, 0.5) is 19.1 Å². The van der Waals surface area contributed by atoms with E-state index in [1.165, 1.54) is 14.2 Å². The topological polar surface area (TPSA) is 69.2 Å². The van der Waals surface area contributed by atoms with Crippen molar-refractivity contribution in [3.05, 3.63) is 0 Å². The van der Waals surface area contributed by atoms with Crippen molar-refractivity contribution in [1.82, 2.24) is 15.0 Å². The molecule has 1 aromatic rings. The molecule has 6 nitrogen and oxygen atoms in total. The van der Waals surface area contributed by atoms with Gasteiger partial charge in [-0.2, -0.15) is 23.1 Å². The normalized spacial score (nSPS) is 11.1. The third-order valence-corrected chi connectivity index (χ3v) is 1.65. The Hall–Kier alpha value is -1.80. The summed E-state index contributed by atoms with van der Waals surface area (Å²) >= 11 is 0. The van der Waals surface area contributed by atoms with Crippen molar-refractivity contribution in [2.45, 2.75) is 12.6 Å². The van der Waals surface area contributed by atoms with Crippen LogP contribution in [-0.4, -0.2) is 41.9 Å². The highest BCUT2D eigenvalue weighted by Crippen LogP contribution is 2.19. The highest BCUT2D eigenvalue weighted by Gasteiger charge is 2.26. The summed E-state index contributed by atoms with van der Waals surface area (Å²) in [4.78, 5) is 11.1. The molecule has 0 saturated carbocycles. The second-order valence-electron chi connectivity index (χ2n) is 2.92. The summed E-state index contributed by atoms with van der Waals surface area (Å²) in [5.41, 5.74) is 0. The van der Waals surface area contributed by atoms with Gasteiger partial charge in [0.05, 0.1) is 20.6 Å². The molecule has 1 rings (SSSR count). The largest absolute Gasteiger partial charge is 0.467 e. The molecular formula is C8H11F3N4O2. The minimum Gasteiger partial charge on any atom is -0.467 e. The van der Waals surface area contributed by atoms with Crippen molar-refractivity contribution < 1.29 is 22.6 Å². The number of ether oxygens (including phenoxy) is 2. The second-order valence-corrected chi connectivity index (χ2v) is 2.92. The van der Waals surface area contributed by atoms with E-state index < -0.39 is 12.6 Å². The quantitative estimate of drug-likeness (QED) is 0.850. The van der Waals surface area contributed by atoms with Gasteiger partial charge < -0.3 is 14.8 Å². The van der Waals surface area contributed by atoms with Crippen molar-refractivity contribution in [3.63, 3.8) is 0 Å². The van der Waals surface area contributed by atoms with Crippen LogP contribution in [0.2, 0.25) is 0 Å². The number of halogens is 3. The molecule has 0 spiro atoms. The molecule has 9 heteroatoms. The molecule has 0 fully saturated rings. The van der Waals surface area contributed by atoms with Gasteiger partial charge in [-0.15, -0.1) is 4.98 Å². The van der Waals surface area contributed by atoms with Crippen LogP contribution in [0, 0.1) is 0 Å². The first-order chi connectivity index (χ1) is 7.94. The van der Waals surface area contributed by atoms with Crippen LogP contribution in [0.1, 0.15) is 6.42 Å². The van der Waals surface area contributed by atoms with E-state index in [1.807, 2.05) is 0 Å². The summed E-state index contributed by atoms with van der Waals surface area (Å²) in [5.74, 6) is -0.0297. The fourth-order valence-electron chi connectivity index (χ4n) is 0.916. The molecule has 17 heavy (non-hydrogen) atoms. The van der Waals surface area contributed by atoms with Crippen molar-refractivity contribution in [3.8, 4) is 12.0 Å². The lowest BCUT2D eigenvalue weighted by Gasteiger charge is -2.08. The number of nitrogens with zero attached hydrogens (tertiary/aromatic N) is 3. The summed E-state index contributed by atoms with van der Waals surface area (Å²) in [5, 5.41) is 2.41. The van der Waals surface area contributed by atoms with Crippen molar-refractivity contribution in [2.75, 3.05) is 26.1 Å². The third kappa shape index (κ3) is 4.70. The van der Waals surface area contributed by atoms with Crippen LogP contribution >= 0.6 is 0 Å². The van der Waals surface area contributed by atoms with Crippen LogP contribution in [0.3, 0.4) is 0 Å². The molecular weight excluding hydrogens is 241 g/mol. The summed E-state index contributed by atoms with van der Waals surface area (Å²) in [7, 11) is 2.66. The Kier molecular flexibility index (Phi) is 4.30. The maximum Gasteiger partial charge on any atom is 0.390 e. The molecule has 96 valence electrons. The lowest BCUT2D eigenvalue weighted by atomic mass is 10.4. The van der Waals surface area contributed by atoms with E-state index in [-0.39, 0.29) is 24.5 Å². The maximum atomic E-state index is 11.9. The number of rotatable bonds is 5. The fraction of sp³-hybridized carbons (Fsp3) is 0.625. The SMILES string of the molecule is COc1nc(NCCC(F)(F)F)nc(OC)n1. The third-order valence-electron chi connectivity index (χ3n) is 1.65. The molecule has 0 radical (unpaired) electrons. The Morgan fingerprint density at radius 3 is 2.00 bits per heavy atom. The lowest BCUT2D eigenvalue weighted by Crippen LogP contribution is -2.16. The van der Waals surface area contributed by atoms with Crippen molar-refractivity contribution >= 4 is 5.95 Å². The van der Waals surface area contributed by atoms with Crippen molar-refractivity contribution in [2.24, 2.45) is 0 Å². The number of alkyl halides is 3. The zero-order valence-corrected chi connectivity index (χ0v) is 9.21. The molecule has 1 heterocycles. The standard InChI is InChI=1S/C8H11F3N4O2/c1-16-6-13-5(14-7(15-6)17-2)12-4-3-8(9,10)11/h3-4H2,1-2H3,(H,12,13,14,15). The fourth-order valence-corrected chi connectivity index (χ4v) is 0.916. The summed E-state index contributed by atoms with van der Waals surface area (Å²) in [6, 6.07) is -0.0716. The number of hydrogen-bond acceptors (Lipinski definition) is 6. The smallest absolute Gasteiger partial charge is 0.390 e. The molecule has 0 amide bonds. The first kappa shape index (κ1) is 13.3. The molecule has 0 aliphatic rings. The van der Waals surface area contributed by atoms with E-state index in [0.717, 1.165) is 0 Å². The minimum atomic E-state index is -4.23. The van der Waals surface area contributed by atoms with Crippen molar-refractivity contribution in [1.29, 1.82) is 0 Å². The van der Waals surface area contributed by atoms with Gasteiger partial charge in [-0.3, -0.25) is 0 Å². The Balaban J connectivity index is 2.64. The average molecular weight is 252 g/mol. The van der Waals surface area contributed by atoms with E-state index >= 15 is 0 Å². The summed E-state index contributed by atoms with van der Waals surface area (Å²) in [6.07, 6.45) is -5.21. The minimum absolute atomic E-state index is 0.0297. The number of hydrogen-bond donors (Lipinski definition) is 1.